The maximum atomic E-state index is 12.5. The molecule has 2 heterocycles. The normalized spacial score (nSPS) is 26.7. The lowest BCUT2D eigenvalue weighted by molar-refractivity contribution is -0.142. The Kier molecular flexibility index (Phi) is 4.45. The van der Waals surface area contributed by atoms with Gasteiger partial charge in [-0.05, 0) is 38.6 Å². The molecule has 0 aromatic rings. The van der Waals surface area contributed by atoms with Crippen molar-refractivity contribution in [1.29, 1.82) is 0 Å². The van der Waals surface area contributed by atoms with E-state index >= 15 is 0 Å². The SMILES string of the molecule is CCC1(C(=O)N(C)CC(=O)N2CCCC2)CCCN1. The number of carbonyl (C=O) groups is 2. The second-order valence-corrected chi connectivity index (χ2v) is 5.72. The Hall–Kier alpha value is -1.10. The van der Waals surface area contributed by atoms with Crippen LogP contribution in [0.2, 0.25) is 0 Å². The summed E-state index contributed by atoms with van der Waals surface area (Å²) in [4.78, 5) is 28.1. The minimum absolute atomic E-state index is 0.0695. The number of hydrogen-bond acceptors (Lipinski definition) is 3. The molecule has 19 heavy (non-hydrogen) atoms. The van der Waals surface area contributed by atoms with Gasteiger partial charge in [-0.25, -0.2) is 0 Å². The number of nitrogens with zero attached hydrogens (tertiary/aromatic N) is 2. The minimum Gasteiger partial charge on any atom is -0.341 e. The van der Waals surface area contributed by atoms with Crippen molar-refractivity contribution in [3.05, 3.63) is 0 Å². The van der Waals surface area contributed by atoms with E-state index in [0.717, 1.165) is 51.7 Å². The number of nitrogens with one attached hydrogen (secondary N) is 1. The first kappa shape index (κ1) is 14.3. The molecule has 2 rings (SSSR count). The summed E-state index contributed by atoms with van der Waals surface area (Å²) in [5, 5.41) is 3.33. The number of likely N-dealkylation sites (tertiary alicyclic amines) is 1. The van der Waals surface area contributed by atoms with Gasteiger partial charge in [0, 0.05) is 20.1 Å². The summed E-state index contributed by atoms with van der Waals surface area (Å²) in [5.41, 5.74) is -0.431. The summed E-state index contributed by atoms with van der Waals surface area (Å²) in [7, 11) is 1.74. The minimum atomic E-state index is -0.431. The van der Waals surface area contributed by atoms with E-state index in [9.17, 15) is 9.59 Å². The third-order valence-corrected chi connectivity index (χ3v) is 4.43. The zero-order chi connectivity index (χ0) is 13.9. The van der Waals surface area contributed by atoms with Gasteiger partial charge >= 0.3 is 0 Å². The highest BCUT2D eigenvalue weighted by atomic mass is 16.2. The fourth-order valence-corrected chi connectivity index (χ4v) is 3.15. The Labute approximate surface area is 115 Å². The fourth-order valence-electron chi connectivity index (χ4n) is 3.15. The van der Waals surface area contributed by atoms with E-state index in [2.05, 4.69) is 5.32 Å². The van der Waals surface area contributed by atoms with Gasteiger partial charge in [-0.3, -0.25) is 9.59 Å². The molecule has 2 aliphatic heterocycles. The number of hydrogen-bond donors (Lipinski definition) is 1. The van der Waals surface area contributed by atoms with Crippen molar-refractivity contribution in [2.45, 2.75) is 44.6 Å². The Balaban J connectivity index is 1.93. The first-order valence-corrected chi connectivity index (χ1v) is 7.37. The highest BCUT2D eigenvalue weighted by Gasteiger charge is 2.41. The molecule has 5 heteroatoms. The number of likely N-dealkylation sites (N-methyl/N-ethyl adjacent to an activating group) is 1. The third kappa shape index (κ3) is 2.91. The summed E-state index contributed by atoms with van der Waals surface area (Å²) in [6.07, 6.45) is 4.87. The summed E-state index contributed by atoms with van der Waals surface area (Å²) in [5.74, 6) is 0.151. The topological polar surface area (TPSA) is 52.7 Å². The average molecular weight is 267 g/mol. The van der Waals surface area contributed by atoms with Crippen molar-refractivity contribution in [3.8, 4) is 0 Å². The molecule has 0 aromatic carbocycles. The summed E-state index contributed by atoms with van der Waals surface area (Å²) >= 11 is 0. The first-order valence-electron chi connectivity index (χ1n) is 7.37. The van der Waals surface area contributed by atoms with Gasteiger partial charge in [0.2, 0.25) is 11.8 Å². The predicted molar refractivity (Wildman–Crippen MR) is 73.7 cm³/mol. The molecule has 2 fully saturated rings. The second-order valence-electron chi connectivity index (χ2n) is 5.72. The van der Waals surface area contributed by atoms with Gasteiger partial charge in [0.05, 0.1) is 12.1 Å². The standard InChI is InChI=1S/C14H25N3O2/c1-3-14(7-6-8-15-14)13(19)16(2)11-12(18)17-9-4-5-10-17/h15H,3-11H2,1-2H3. The zero-order valence-corrected chi connectivity index (χ0v) is 12.1. The maximum absolute atomic E-state index is 12.5. The van der Waals surface area contributed by atoms with Crippen LogP contribution in [0.3, 0.4) is 0 Å². The fraction of sp³-hybridized carbons (Fsp3) is 0.857. The second kappa shape index (κ2) is 5.90. The lowest BCUT2D eigenvalue weighted by Crippen LogP contribution is -2.55. The van der Waals surface area contributed by atoms with Crippen molar-refractivity contribution in [1.82, 2.24) is 15.1 Å². The molecule has 0 saturated carbocycles. The van der Waals surface area contributed by atoms with Crippen LogP contribution in [0.15, 0.2) is 0 Å². The van der Waals surface area contributed by atoms with Crippen molar-refractivity contribution in [2.75, 3.05) is 33.2 Å². The highest BCUT2D eigenvalue weighted by Crippen LogP contribution is 2.25. The molecule has 5 nitrogen and oxygen atoms in total. The van der Waals surface area contributed by atoms with Crippen LogP contribution >= 0.6 is 0 Å². The first-order chi connectivity index (χ1) is 9.09. The Morgan fingerprint density at radius 1 is 1.26 bits per heavy atom. The molecule has 108 valence electrons. The Morgan fingerprint density at radius 2 is 1.95 bits per heavy atom. The molecule has 1 atom stereocenters. The van der Waals surface area contributed by atoms with Crippen LogP contribution in [0.25, 0.3) is 0 Å². The highest BCUT2D eigenvalue weighted by molar-refractivity contribution is 5.90. The summed E-state index contributed by atoms with van der Waals surface area (Å²) in [6, 6.07) is 0. The molecular formula is C14H25N3O2. The van der Waals surface area contributed by atoms with Gasteiger partial charge in [0.25, 0.3) is 0 Å². The number of carbonyl (C=O) groups excluding carboxylic acids is 2. The zero-order valence-electron chi connectivity index (χ0n) is 12.1. The van der Waals surface area contributed by atoms with Gasteiger partial charge in [-0.1, -0.05) is 6.92 Å². The van der Waals surface area contributed by atoms with Crippen LogP contribution in [0.1, 0.15) is 39.0 Å². The molecule has 2 saturated heterocycles. The molecule has 0 aromatic heterocycles. The molecule has 2 aliphatic rings. The lowest BCUT2D eigenvalue weighted by atomic mass is 9.92. The summed E-state index contributed by atoms with van der Waals surface area (Å²) < 4.78 is 0. The average Bonchev–Trinajstić information content (AvgIpc) is 3.09. The molecule has 1 unspecified atom stereocenters. The van der Waals surface area contributed by atoms with E-state index in [1.165, 1.54) is 0 Å². The van der Waals surface area contributed by atoms with Crippen molar-refractivity contribution >= 4 is 11.8 Å². The van der Waals surface area contributed by atoms with Crippen molar-refractivity contribution < 1.29 is 9.59 Å². The quantitative estimate of drug-likeness (QED) is 0.811. The van der Waals surface area contributed by atoms with Crippen LogP contribution in [0.5, 0.6) is 0 Å². The molecule has 0 radical (unpaired) electrons. The predicted octanol–water partition coefficient (Wildman–Crippen LogP) is 0.599. The van der Waals surface area contributed by atoms with Gasteiger partial charge in [0.1, 0.15) is 0 Å². The third-order valence-electron chi connectivity index (χ3n) is 4.43. The number of amides is 2. The molecular weight excluding hydrogens is 242 g/mol. The number of rotatable bonds is 4. The Bertz CT molecular complexity index is 345. The van der Waals surface area contributed by atoms with Crippen molar-refractivity contribution in [3.63, 3.8) is 0 Å². The monoisotopic (exact) mass is 267 g/mol. The van der Waals surface area contributed by atoms with Crippen LogP contribution < -0.4 is 5.32 Å². The smallest absolute Gasteiger partial charge is 0.243 e. The maximum Gasteiger partial charge on any atom is 0.243 e. The van der Waals surface area contributed by atoms with Crippen molar-refractivity contribution in [2.24, 2.45) is 0 Å². The van der Waals surface area contributed by atoms with E-state index in [-0.39, 0.29) is 18.4 Å². The van der Waals surface area contributed by atoms with Gasteiger partial charge in [-0.2, -0.15) is 0 Å². The van der Waals surface area contributed by atoms with Crippen LogP contribution in [0, 0.1) is 0 Å². The molecule has 0 bridgehead atoms. The largest absolute Gasteiger partial charge is 0.341 e. The molecule has 1 N–H and O–H groups in total. The van der Waals surface area contributed by atoms with Crippen LogP contribution in [-0.2, 0) is 9.59 Å². The van der Waals surface area contributed by atoms with E-state index in [1.807, 2.05) is 11.8 Å². The van der Waals surface area contributed by atoms with Gasteiger partial charge in [-0.15, -0.1) is 0 Å². The van der Waals surface area contributed by atoms with E-state index in [0.29, 0.717) is 0 Å². The molecule has 0 spiro atoms. The Morgan fingerprint density at radius 3 is 2.47 bits per heavy atom. The molecule has 2 amide bonds. The van der Waals surface area contributed by atoms with E-state index in [4.69, 9.17) is 0 Å². The van der Waals surface area contributed by atoms with Crippen LogP contribution in [-0.4, -0.2) is 60.4 Å². The van der Waals surface area contributed by atoms with Gasteiger partial charge < -0.3 is 15.1 Å². The van der Waals surface area contributed by atoms with E-state index in [1.54, 1.807) is 11.9 Å². The molecule has 0 aliphatic carbocycles. The lowest BCUT2D eigenvalue weighted by Gasteiger charge is -2.32. The van der Waals surface area contributed by atoms with Gasteiger partial charge in [0.15, 0.2) is 0 Å². The summed E-state index contributed by atoms with van der Waals surface area (Å²) in [6.45, 7) is 4.83. The van der Waals surface area contributed by atoms with E-state index < -0.39 is 5.54 Å². The van der Waals surface area contributed by atoms with Crippen LogP contribution in [0.4, 0.5) is 0 Å².